The highest BCUT2D eigenvalue weighted by Gasteiger charge is 2.14. The number of rotatable bonds is 6. The number of thioether (sulfide) groups is 1. The van der Waals surface area contributed by atoms with Gasteiger partial charge in [0.15, 0.2) is 0 Å². The number of nitrogens with two attached hydrogens (primary N) is 1. The van der Waals surface area contributed by atoms with Gasteiger partial charge in [0.25, 0.3) is 0 Å². The molecule has 5 heteroatoms. The van der Waals surface area contributed by atoms with Crippen molar-refractivity contribution in [3.05, 3.63) is 24.0 Å². The number of hydrogen-bond donors (Lipinski definition) is 2. The summed E-state index contributed by atoms with van der Waals surface area (Å²) in [6.45, 7) is 0. The maximum atomic E-state index is 13.0. The van der Waals surface area contributed by atoms with E-state index in [-0.39, 0.29) is 11.6 Å². The lowest BCUT2D eigenvalue weighted by atomic mass is 10.2. The number of carbonyl (C=O) groups is 1. The van der Waals surface area contributed by atoms with Gasteiger partial charge < -0.3 is 11.1 Å². The summed E-state index contributed by atoms with van der Waals surface area (Å²) in [6.07, 6.45) is 6.73. The summed E-state index contributed by atoms with van der Waals surface area (Å²) in [5, 5.41) is 3.54. The van der Waals surface area contributed by atoms with Crippen molar-refractivity contribution in [3.63, 3.8) is 0 Å². The third kappa shape index (κ3) is 4.71. The van der Waals surface area contributed by atoms with Gasteiger partial charge >= 0.3 is 0 Å². The van der Waals surface area contributed by atoms with E-state index in [1.165, 1.54) is 43.9 Å². The normalized spacial score (nSPS) is 15.4. The Bertz CT molecular complexity index is 461. The minimum atomic E-state index is -0.462. The van der Waals surface area contributed by atoms with E-state index in [0.29, 0.717) is 12.1 Å². The third-order valence-corrected chi connectivity index (χ3v) is 4.95. The highest BCUT2D eigenvalue weighted by Crippen LogP contribution is 2.29. The van der Waals surface area contributed by atoms with Gasteiger partial charge in [0.1, 0.15) is 5.82 Å². The third-order valence-electron chi connectivity index (χ3n) is 3.48. The van der Waals surface area contributed by atoms with Crippen molar-refractivity contribution in [1.82, 2.24) is 0 Å². The minimum absolute atomic E-state index is 0.0389. The first-order chi connectivity index (χ1) is 9.65. The Hall–Kier alpha value is -1.23. The number of halogens is 1. The minimum Gasteiger partial charge on any atom is -0.396 e. The lowest BCUT2D eigenvalue weighted by Crippen LogP contribution is -2.12. The van der Waals surface area contributed by atoms with Gasteiger partial charge in [-0.15, -0.1) is 0 Å². The smallest absolute Gasteiger partial charge is 0.224 e. The summed E-state index contributed by atoms with van der Waals surface area (Å²) in [5.41, 5.74) is 6.07. The van der Waals surface area contributed by atoms with Crippen LogP contribution in [0.25, 0.3) is 0 Å². The molecule has 1 saturated carbocycles. The Kier molecular flexibility index (Phi) is 5.71. The summed E-state index contributed by atoms with van der Waals surface area (Å²) in [5.74, 6) is 0.530. The van der Waals surface area contributed by atoms with Crippen molar-refractivity contribution in [2.75, 3.05) is 16.8 Å². The molecule has 20 heavy (non-hydrogen) atoms. The molecular weight excluding hydrogens is 275 g/mol. The molecule has 1 aliphatic rings. The molecule has 0 spiro atoms. The molecule has 3 nitrogen and oxygen atoms in total. The van der Waals surface area contributed by atoms with Crippen LogP contribution in [-0.2, 0) is 4.79 Å². The van der Waals surface area contributed by atoms with Crippen molar-refractivity contribution < 1.29 is 9.18 Å². The van der Waals surface area contributed by atoms with Crippen molar-refractivity contribution in [3.8, 4) is 0 Å². The molecule has 0 heterocycles. The first kappa shape index (κ1) is 15.2. The van der Waals surface area contributed by atoms with Crippen LogP contribution in [0.15, 0.2) is 18.2 Å². The first-order valence-electron chi connectivity index (χ1n) is 7.11. The highest BCUT2D eigenvalue weighted by atomic mass is 32.2. The lowest BCUT2D eigenvalue weighted by molar-refractivity contribution is -0.116. The molecule has 0 radical (unpaired) electrons. The molecule has 0 bridgehead atoms. The van der Waals surface area contributed by atoms with Crippen LogP contribution in [-0.4, -0.2) is 16.9 Å². The number of amides is 1. The van der Waals surface area contributed by atoms with Gasteiger partial charge in [0.05, 0.1) is 5.69 Å². The zero-order valence-electron chi connectivity index (χ0n) is 11.5. The van der Waals surface area contributed by atoms with Gasteiger partial charge in [-0.25, -0.2) is 4.39 Å². The zero-order valence-corrected chi connectivity index (χ0v) is 12.3. The van der Waals surface area contributed by atoms with Gasteiger partial charge in [-0.05, 0) is 43.2 Å². The Morgan fingerprint density at radius 1 is 1.40 bits per heavy atom. The van der Waals surface area contributed by atoms with E-state index < -0.39 is 5.82 Å². The second-order valence-electron chi connectivity index (χ2n) is 5.17. The number of anilines is 2. The van der Waals surface area contributed by atoms with Crippen LogP contribution in [0.3, 0.4) is 0 Å². The molecule has 1 aromatic carbocycles. The van der Waals surface area contributed by atoms with Gasteiger partial charge in [-0.1, -0.05) is 12.8 Å². The highest BCUT2D eigenvalue weighted by molar-refractivity contribution is 7.99. The molecule has 1 aromatic rings. The number of carbonyl (C=O) groups excluding carboxylic acids is 1. The largest absolute Gasteiger partial charge is 0.396 e. The zero-order chi connectivity index (χ0) is 14.4. The van der Waals surface area contributed by atoms with Crippen LogP contribution in [0.4, 0.5) is 15.8 Å². The molecule has 0 aliphatic heterocycles. The van der Waals surface area contributed by atoms with Gasteiger partial charge in [0.2, 0.25) is 5.91 Å². The first-order valence-corrected chi connectivity index (χ1v) is 8.16. The molecule has 0 atom stereocenters. The Balaban J connectivity index is 1.65. The molecule has 3 N–H and O–H groups in total. The van der Waals surface area contributed by atoms with E-state index in [1.807, 2.05) is 11.8 Å². The monoisotopic (exact) mass is 296 g/mol. The summed E-state index contributed by atoms with van der Waals surface area (Å²) < 4.78 is 13.0. The fraction of sp³-hybridized carbons (Fsp3) is 0.533. The molecular formula is C15H21FN2OS. The van der Waals surface area contributed by atoms with Gasteiger partial charge in [0, 0.05) is 17.4 Å². The van der Waals surface area contributed by atoms with E-state index in [1.54, 1.807) is 0 Å². The molecule has 0 aromatic heterocycles. The number of nitrogens with one attached hydrogen (secondary N) is 1. The summed E-state index contributed by atoms with van der Waals surface area (Å²) in [4.78, 5) is 11.7. The SMILES string of the molecule is Nc1cc(NC(=O)CCCSC2CCCC2)ccc1F. The Morgan fingerprint density at radius 3 is 2.85 bits per heavy atom. The number of benzene rings is 1. The van der Waals surface area contributed by atoms with Crippen LogP contribution in [0.1, 0.15) is 38.5 Å². The predicted octanol–water partition coefficient (Wildman–Crippen LogP) is 3.80. The lowest BCUT2D eigenvalue weighted by Gasteiger charge is -2.09. The standard InChI is InChI=1S/C15H21FN2OS/c16-13-8-7-11(10-14(13)17)18-15(19)6-3-9-20-12-4-1-2-5-12/h7-8,10,12H,1-6,9,17H2,(H,18,19). The maximum Gasteiger partial charge on any atom is 0.224 e. The van der Waals surface area contributed by atoms with E-state index in [0.717, 1.165) is 17.4 Å². The van der Waals surface area contributed by atoms with Gasteiger partial charge in [-0.2, -0.15) is 11.8 Å². The van der Waals surface area contributed by atoms with Crippen LogP contribution in [0, 0.1) is 5.82 Å². The molecule has 0 unspecified atom stereocenters. The summed E-state index contributed by atoms with van der Waals surface area (Å²) in [6, 6.07) is 4.23. The molecule has 1 aliphatic carbocycles. The topological polar surface area (TPSA) is 55.1 Å². The van der Waals surface area contributed by atoms with Crippen LogP contribution in [0.2, 0.25) is 0 Å². The average Bonchev–Trinajstić information content (AvgIpc) is 2.92. The van der Waals surface area contributed by atoms with E-state index in [9.17, 15) is 9.18 Å². The average molecular weight is 296 g/mol. The van der Waals surface area contributed by atoms with Crippen LogP contribution in [0.5, 0.6) is 0 Å². The second kappa shape index (κ2) is 7.53. The Labute approximate surface area is 123 Å². The summed E-state index contributed by atoms with van der Waals surface area (Å²) in [7, 11) is 0. The van der Waals surface area contributed by atoms with Crippen molar-refractivity contribution in [2.24, 2.45) is 0 Å². The molecule has 1 fully saturated rings. The predicted molar refractivity (Wildman–Crippen MR) is 83.4 cm³/mol. The fourth-order valence-electron chi connectivity index (χ4n) is 2.38. The van der Waals surface area contributed by atoms with Crippen molar-refractivity contribution >= 4 is 29.0 Å². The Morgan fingerprint density at radius 2 is 2.15 bits per heavy atom. The molecule has 110 valence electrons. The second-order valence-corrected chi connectivity index (χ2v) is 6.57. The van der Waals surface area contributed by atoms with Crippen LogP contribution < -0.4 is 11.1 Å². The number of hydrogen-bond acceptors (Lipinski definition) is 3. The van der Waals surface area contributed by atoms with Crippen LogP contribution >= 0.6 is 11.8 Å². The summed E-state index contributed by atoms with van der Waals surface area (Å²) >= 11 is 1.99. The van der Waals surface area contributed by atoms with Crippen molar-refractivity contribution in [2.45, 2.75) is 43.8 Å². The molecule has 2 rings (SSSR count). The maximum absolute atomic E-state index is 13.0. The van der Waals surface area contributed by atoms with E-state index in [2.05, 4.69) is 5.32 Å². The molecule has 0 saturated heterocycles. The van der Waals surface area contributed by atoms with E-state index in [4.69, 9.17) is 5.73 Å². The van der Waals surface area contributed by atoms with Gasteiger partial charge in [-0.3, -0.25) is 4.79 Å². The molecule has 1 amide bonds. The van der Waals surface area contributed by atoms with Crippen molar-refractivity contribution in [1.29, 1.82) is 0 Å². The quantitative estimate of drug-likeness (QED) is 0.620. The fourth-order valence-corrected chi connectivity index (χ4v) is 3.69. The van der Waals surface area contributed by atoms with E-state index >= 15 is 0 Å². The number of nitrogen functional groups attached to an aromatic ring is 1.